The molecule has 1 unspecified atom stereocenters. The standard InChI is InChI=1S/C12H13BrN2O3/c1-7-12(17)14-6-11(16)15(7)9-3-8(13)4-10(5-9)18-2/h3-5,7H,6H2,1-2H3,(H,14,17). The van der Waals surface area contributed by atoms with Crippen molar-refractivity contribution in [3.63, 3.8) is 0 Å². The summed E-state index contributed by atoms with van der Waals surface area (Å²) in [5, 5.41) is 2.55. The summed E-state index contributed by atoms with van der Waals surface area (Å²) in [7, 11) is 1.56. The molecule has 6 heteroatoms. The molecule has 2 amide bonds. The van der Waals surface area contributed by atoms with Crippen LogP contribution in [0.25, 0.3) is 0 Å². The molecule has 1 atom stereocenters. The van der Waals surface area contributed by atoms with Gasteiger partial charge in [-0.2, -0.15) is 0 Å². The van der Waals surface area contributed by atoms with Gasteiger partial charge in [0.2, 0.25) is 11.8 Å². The van der Waals surface area contributed by atoms with E-state index < -0.39 is 6.04 Å². The number of nitrogens with one attached hydrogen (secondary N) is 1. The Morgan fingerprint density at radius 3 is 2.78 bits per heavy atom. The highest BCUT2D eigenvalue weighted by Crippen LogP contribution is 2.29. The van der Waals surface area contributed by atoms with E-state index in [4.69, 9.17) is 4.74 Å². The molecule has 1 aromatic rings. The lowest BCUT2D eigenvalue weighted by molar-refractivity contribution is -0.130. The third kappa shape index (κ3) is 2.33. The summed E-state index contributed by atoms with van der Waals surface area (Å²) in [6.45, 7) is 1.72. The van der Waals surface area contributed by atoms with Gasteiger partial charge >= 0.3 is 0 Å². The number of ether oxygens (including phenoxy) is 1. The fraction of sp³-hybridized carbons (Fsp3) is 0.333. The van der Waals surface area contributed by atoms with E-state index in [1.165, 1.54) is 4.90 Å². The van der Waals surface area contributed by atoms with Gasteiger partial charge < -0.3 is 10.1 Å². The summed E-state index contributed by atoms with van der Waals surface area (Å²) < 4.78 is 5.95. The highest BCUT2D eigenvalue weighted by Gasteiger charge is 2.32. The predicted molar refractivity (Wildman–Crippen MR) is 70.7 cm³/mol. The average molecular weight is 313 g/mol. The molecule has 0 aromatic heterocycles. The molecule has 0 bridgehead atoms. The van der Waals surface area contributed by atoms with E-state index in [0.717, 1.165) is 4.47 Å². The van der Waals surface area contributed by atoms with Crippen LogP contribution in [0.1, 0.15) is 6.92 Å². The maximum Gasteiger partial charge on any atom is 0.247 e. The molecule has 1 fully saturated rings. The van der Waals surface area contributed by atoms with E-state index in [1.807, 2.05) is 0 Å². The zero-order valence-corrected chi connectivity index (χ0v) is 11.7. The predicted octanol–water partition coefficient (Wildman–Crippen LogP) is 1.31. The lowest BCUT2D eigenvalue weighted by Gasteiger charge is -2.33. The molecule has 1 heterocycles. The van der Waals surface area contributed by atoms with Crippen LogP contribution in [-0.4, -0.2) is 31.5 Å². The number of rotatable bonds is 2. The van der Waals surface area contributed by atoms with Crippen molar-refractivity contribution in [3.8, 4) is 5.75 Å². The van der Waals surface area contributed by atoms with E-state index in [1.54, 1.807) is 32.2 Å². The quantitative estimate of drug-likeness (QED) is 0.895. The first kappa shape index (κ1) is 12.9. The van der Waals surface area contributed by atoms with Crippen LogP contribution in [0.5, 0.6) is 5.75 Å². The summed E-state index contributed by atoms with van der Waals surface area (Å²) in [4.78, 5) is 25.0. The molecular formula is C12H13BrN2O3. The molecule has 0 aliphatic carbocycles. The molecule has 1 aromatic carbocycles. The Morgan fingerprint density at radius 1 is 1.39 bits per heavy atom. The van der Waals surface area contributed by atoms with Gasteiger partial charge in [0.15, 0.2) is 0 Å². The molecular weight excluding hydrogens is 300 g/mol. The van der Waals surface area contributed by atoms with Gasteiger partial charge in [-0.15, -0.1) is 0 Å². The van der Waals surface area contributed by atoms with E-state index in [2.05, 4.69) is 21.2 Å². The molecule has 1 aliphatic rings. The average Bonchev–Trinajstić information content (AvgIpc) is 2.34. The maximum absolute atomic E-state index is 11.9. The van der Waals surface area contributed by atoms with Crippen molar-refractivity contribution in [2.75, 3.05) is 18.6 Å². The Hall–Kier alpha value is -1.56. The Labute approximate surface area is 113 Å². The second kappa shape index (κ2) is 4.97. The second-order valence-corrected chi connectivity index (χ2v) is 4.92. The number of carbonyl (C=O) groups is 2. The number of anilines is 1. The van der Waals surface area contributed by atoms with E-state index in [0.29, 0.717) is 11.4 Å². The van der Waals surface area contributed by atoms with Crippen LogP contribution in [0.15, 0.2) is 22.7 Å². The number of halogens is 1. The number of carbonyl (C=O) groups excluding carboxylic acids is 2. The fourth-order valence-electron chi connectivity index (χ4n) is 1.90. The molecule has 0 radical (unpaired) electrons. The van der Waals surface area contributed by atoms with Gasteiger partial charge in [-0.05, 0) is 19.1 Å². The summed E-state index contributed by atoms with van der Waals surface area (Å²) in [6.07, 6.45) is 0. The Morgan fingerprint density at radius 2 is 2.11 bits per heavy atom. The third-order valence-corrected chi connectivity index (χ3v) is 3.28. The third-order valence-electron chi connectivity index (χ3n) is 2.82. The number of methoxy groups -OCH3 is 1. The topological polar surface area (TPSA) is 58.6 Å². The Balaban J connectivity index is 2.42. The van der Waals surface area contributed by atoms with Gasteiger partial charge in [0.25, 0.3) is 0 Å². The van der Waals surface area contributed by atoms with Crippen molar-refractivity contribution < 1.29 is 14.3 Å². The number of nitrogens with zero attached hydrogens (tertiary/aromatic N) is 1. The summed E-state index contributed by atoms with van der Waals surface area (Å²) in [6, 6.07) is 4.79. The van der Waals surface area contributed by atoms with Crippen LogP contribution in [0, 0.1) is 0 Å². The number of hydrogen-bond acceptors (Lipinski definition) is 3. The SMILES string of the molecule is COc1cc(Br)cc(N2C(=O)CNC(=O)C2C)c1. The van der Waals surface area contributed by atoms with Gasteiger partial charge in [-0.3, -0.25) is 14.5 Å². The van der Waals surface area contributed by atoms with Crippen molar-refractivity contribution >= 4 is 33.4 Å². The first-order valence-corrected chi connectivity index (χ1v) is 6.26. The monoisotopic (exact) mass is 312 g/mol. The summed E-state index contributed by atoms with van der Waals surface area (Å²) in [5.41, 5.74) is 0.647. The van der Waals surface area contributed by atoms with Gasteiger partial charge in [0.05, 0.1) is 13.7 Å². The second-order valence-electron chi connectivity index (χ2n) is 4.01. The lowest BCUT2D eigenvalue weighted by atomic mass is 10.1. The highest BCUT2D eigenvalue weighted by atomic mass is 79.9. The minimum Gasteiger partial charge on any atom is -0.497 e. The van der Waals surface area contributed by atoms with E-state index >= 15 is 0 Å². The van der Waals surface area contributed by atoms with Crippen molar-refractivity contribution in [2.45, 2.75) is 13.0 Å². The Bertz CT molecular complexity index is 504. The maximum atomic E-state index is 11.9. The lowest BCUT2D eigenvalue weighted by Crippen LogP contribution is -2.57. The highest BCUT2D eigenvalue weighted by molar-refractivity contribution is 9.10. The first-order valence-electron chi connectivity index (χ1n) is 5.47. The molecule has 0 spiro atoms. The minimum atomic E-state index is -0.523. The van der Waals surface area contributed by atoms with Gasteiger partial charge in [-0.25, -0.2) is 0 Å². The van der Waals surface area contributed by atoms with Crippen LogP contribution in [-0.2, 0) is 9.59 Å². The van der Waals surface area contributed by atoms with E-state index in [-0.39, 0.29) is 18.4 Å². The zero-order valence-electron chi connectivity index (χ0n) is 10.1. The molecule has 2 rings (SSSR count). The van der Waals surface area contributed by atoms with Crippen molar-refractivity contribution in [3.05, 3.63) is 22.7 Å². The minimum absolute atomic E-state index is 0.0258. The van der Waals surface area contributed by atoms with Gasteiger partial charge in [0.1, 0.15) is 11.8 Å². The normalized spacial score (nSPS) is 19.7. The fourth-order valence-corrected chi connectivity index (χ4v) is 2.36. The number of hydrogen-bond donors (Lipinski definition) is 1. The van der Waals surface area contributed by atoms with Crippen LogP contribution in [0.4, 0.5) is 5.69 Å². The van der Waals surface area contributed by atoms with Crippen LogP contribution < -0.4 is 15.0 Å². The molecule has 18 heavy (non-hydrogen) atoms. The molecule has 1 N–H and O–H groups in total. The summed E-state index contributed by atoms with van der Waals surface area (Å²) >= 11 is 3.36. The van der Waals surface area contributed by atoms with E-state index in [9.17, 15) is 9.59 Å². The summed E-state index contributed by atoms with van der Waals surface area (Å²) in [5.74, 6) is 0.334. The largest absolute Gasteiger partial charge is 0.497 e. The molecule has 96 valence electrons. The zero-order chi connectivity index (χ0) is 13.3. The number of piperazine rings is 1. The smallest absolute Gasteiger partial charge is 0.247 e. The molecule has 5 nitrogen and oxygen atoms in total. The van der Waals surface area contributed by atoms with Gasteiger partial charge in [-0.1, -0.05) is 15.9 Å². The van der Waals surface area contributed by atoms with Crippen molar-refractivity contribution in [1.29, 1.82) is 0 Å². The number of benzene rings is 1. The Kier molecular flexibility index (Phi) is 3.56. The van der Waals surface area contributed by atoms with Gasteiger partial charge in [0, 0.05) is 16.2 Å². The first-order chi connectivity index (χ1) is 8.52. The van der Waals surface area contributed by atoms with Crippen LogP contribution in [0.3, 0.4) is 0 Å². The van der Waals surface area contributed by atoms with Crippen LogP contribution in [0.2, 0.25) is 0 Å². The number of amides is 2. The van der Waals surface area contributed by atoms with Crippen molar-refractivity contribution in [1.82, 2.24) is 5.32 Å². The van der Waals surface area contributed by atoms with Crippen LogP contribution >= 0.6 is 15.9 Å². The molecule has 1 saturated heterocycles. The molecule has 0 saturated carbocycles. The van der Waals surface area contributed by atoms with Crippen molar-refractivity contribution in [2.24, 2.45) is 0 Å². The molecule has 1 aliphatic heterocycles.